The standard InChI is InChI=1S/C18H21NO4/c1-10-7-13-9-16(23-15(13)8-11(10)2)17(20)19-14-5-3-12(4-6-14)18(21)22/h7-9,12,14H,3-6H2,1-2H3,(H,19,20)(H,21,22). The van der Waals surface area contributed by atoms with E-state index in [1.54, 1.807) is 6.07 Å². The molecule has 5 nitrogen and oxygen atoms in total. The van der Waals surface area contributed by atoms with Crippen molar-refractivity contribution in [1.82, 2.24) is 5.32 Å². The molecule has 1 aliphatic carbocycles. The molecular formula is C18H21NO4. The summed E-state index contributed by atoms with van der Waals surface area (Å²) < 4.78 is 5.66. The van der Waals surface area contributed by atoms with E-state index in [0.29, 0.717) is 37.0 Å². The van der Waals surface area contributed by atoms with Crippen molar-refractivity contribution < 1.29 is 19.1 Å². The average molecular weight is 315 g/mol. The molecule has 0 aliphatic heterocycles. The van der Waals surface area contributed by atoms with Gasteiger partial charge in [0.25, 0.3) is 5.91 Å². The molecule has 122 valence electrons. The van der Waals surface area contributed by atoms with Gasteiger partial charge in [-0.25, -0.2) is 0 Å². The molecule has 3 rings (SSSR count). The zero-order valence-corrected chi connectivity index (χ0v) is 13.4. The summed E-state index contributed by atoms with van der Waals surface area (Å²) in [4.78, 5) is 23.3. The molecule has 2 N–H and O–H groups in total. The molecule has 1 amide bonds. The molecule has 0 radical (unpaired) electrons. The topological polar surface area (TPSA) is 79.5 Å². The van der Waals surface area contributed by atoms with Crippen LogP contribution >= 0.6 is 0 Å². The summed E-state index contributed by atoms with van der Waals surface area (Å²) in [6.45, 7) is 4.04. The summed E-state index contributed by atoms with van der Waals surface area (Å²) in [7, 11) is 0. The first-order valence-corrected chi connectivity index (χ1v) is 7.98. The van der Waals surface area contributed by atoms with Gasteiger partial charge in [0.1, 0.15) is 5.58 Å². The van der Waals surface area contributed by atoms with E-state index in [2.05, 4.69) is 5.32 Å². The van der Waals surface area contributed by atoms with E-state index in [-0.39, 0.29) is 17.9 Å². The second-order valence-corrected chi connectivity index (χ2v) is 6.45. The second-order valence-electron chi connectivity index (χ2n) is 6.45. The zero-order chi connectivity index (χ0) is 16.6. The number of carbonyl (C=O) groups excluding carboxylic acids is 1. The van der Waals surface area contributed by atoms with E-state index in [9.17, 15) is 9.59 Å². The lowest BCUT2D eigenvalue weighted by Crippen LogP contribution is -2.38. The molecule has 1 aromatic carbocycles. The minimum absolute atomic E-state index is 0.0229. The number of rotatable bonds is 3. The summed E-state index contributed by atoms with van der Waals surface area (Å²) >= 11 is 0. The maximum atomic E-state index is 12.3. The number of carboxylic acids is 1. The third kappa shape index (κ3) is 3.23. The third-order valence-electron chi connectivity index (χ3n) is 4.77. The first kappa shape index (κ1) is 15.6. The van der Waals surface area contributed by atoms with Gasteiger partial charge in [0.05, 0.1) is 5.92 Å². The lowest BCUT2D eigenvalue weighted by Gasteiger charge is -2.26. The molecular weight excluding hydrogens is 294 g/mol. The van der Waals surface area contributed by atoms with Crippen molar-refractivity contribution in [1.29, 1.82) is 0 Å². The molecule has 1 heterocycles. The van der Waals surface area contributed by atoms with Crippen LogP contribution in [-0.2, 0) is 4.79 Å². The minimum Gasteiger partial charge on any atom is -0.481 e. The fourth-order valence-corrected chi connectivity index (χ4v) is 3.16. The molecule has 1 aliphatic rings. The van der Waals surface area contributed by atoms with E-state index in [0.717, 1.165) is 16.5 Å². The van der Waals surface area contributed by atoms with Gasteiger partial charge in [-0.2, -0.15) is 0 Å². The molecule has 1 fully saturated rings. The number of hydrogen-bond acceptors (Lipinski definition) is 3. The van der Waals surface area contributed by atoms with Crippen molar-refractivity contribution in [3.63, 3.8) is 0 Å². The molecule has 2 aromatic rings. The van der Waals surface area contributed by atoms with E-state index in [1.807, 2.05) is 26.0 Å². The van der Waals surface area contributed by atoms with Gasteiger partial charge in [0.2, 0.25) is 0 Å². The van der Waals surface area contributed by atoms with Crippen LogP contribution in [0.15, 0.2) is 22.6 Å². The predicted octanol–water partition coefficient (Wildman–Crippen LogP) is 3.42. The van der Waals surface area contributed by atoms with Gasteiger partial charge < -0.3 is 14.8 Å². The van der Waals surface area contributed by atoms with Crippen molar-refractivity contribution in [3.8, 4) is 0 Å². The van der Waals surface area contributed by atoms with E-state index >= 15 is 0 Å². The smallest absolute Gasteiger partial charge is 0.306 e. The van der Waals surface area contributed by atoms with Gasteiger partial charge in [-0.15, -0.1) is 0 Å². The molecule has 0 atom stereocenters. The number of hydrogen-bond donors (Lipinski definition) is 2. The molecule has 0 bridgehead atoms. The number of aliphatic carboxylic acids is 1. The third-order valence-corrected chi connectivity index (χ3v) is 4.77. The van der Waals surface area contributed by atoms with Crippen LogP contribution in [0.3, 0.4) is 0 Å². The lowest BCUT2D eigenvalue weighted by atomic mass is 9.86. The maximum Gasteiger partial charge on any atom is 0.306 e. The number of furan rings is 1. The van der Waals surface area contributed by atoms with Crippen molar-refractivity contribution in [2.24, 2.45) is 5.92 Å². The second kappa shape index (κ2) is 6.07. The number of aryl methyl sites for hydroxylation is 2. The number of benzene rings is 1. The van der Waals surface area contributed by atoms with Crippen LogP contribution in [0.4, 0.5) is 0 Å². The van der Waals surface area contributed by atoms with Crippen LogP contribution in [0.5, 0.6) is 0 Å². The first-order chi connectivity index (χ1) is 10.9. The number of nitrogens with one attached hydrogen (secondary N) is 1. The number of carbonyl (C=O) groups is 2. The lowest BCUT2D eigenvalue weighted by molar-refractivity contribution is -0.142. The van der Waals surface area contributed by atoms with Crippen molar-refractivity contribution in [2.75, 3.05) is 0 Å². The molecule has 1 aromatic heterocycles. The Kier molecular flexibility index (Phi) is 4.11. The summed E-state index contributed by atoms with van der Waals surface area (Å²) in [5.41, 5.74) is 3.01. The Bertz CT molecular complexity index is 715. The number of carboxylic acid groups (broad SMARTS) is 1. The molecule has 23 heavy (non-hydrogen) atoms. The Hall–Kier alpha value is -2.30. The Morgan fingerprint density at radius 2 is 1.74 bits per heavy atom. The quantitative estimate of drug-likeness (QED) is 0.909. The summed E-state index contributed by atoms with van der Waals surface area (Å²) in [6, 6.07) is 5.75. The molecule has 1 saturated carbocycles. The fraction of sp³-hybridized carbons (Fsp3) is 0.444. The van der Waals surface area contributed by atoms with Gasteiger partial charge >= 0.3 is 5.97 Å². The van der Waals surface area contributed by atoms with Crippen LogP contribution in [-0.4, -0.2) is 23.0 Å². The van der Waals surface area contributed by atoms with Gasteiger partial charge in [-0.05, 0) is 68.9 Å². The Morgan fingerprint density at radius 3 is 2.39 bits per heavy atom. The molecule has 0 spiro atoms. The van der Waals surface area contributed by atoms with Crippen LogP contribution < -0.4 is 5.32 Å². The highest BCUT2D eigenvalue weighted by atomic mass is 16.4. The highest BCUT2D eigenvalue weighted by Crippen LogP contribution is 2.26. The Morgan fingerprint density at radius 1 is 1.09 bits per heavy atom. The van der Waals surface area contributed by atoms with Gasteiger partial charge in [-0.3, -0.25) is 9.59 Å². The maximum absolute atomic E-state index is 12.3. The minimum atomic E-state index is -0.738. The normalized spacial score (nSPS) is 21.3. The highest BCUT2D eigenvalue weighted by molar-refractivity contribution is 5.96. The van der Waals surface area contributed by atoms with Crippen molar-refractivity contribution in [2.45, 2.75) is 45.6 Å². The highest BCUT2D eigenvalue weighted by Gasteiger charge is 2.27. The van der Waals surface area contributed by atoms with Crippen LogP contribution in [0.25, 0.3) is 11.0 Å². The first-order valence-electron chi connectivity index (χ1n) is 7.98. The zero-order valence-electron chi connectivity index (χ0n) is 13.4. The van der Waals surface area contributed by atoms with Crippen LogP contribution in [0, 0.1) is 19.8 Å². The van der Waals surface area contributed by atoms with E-state index < -0.39 is 5.97 Å². The van der Waals surface area contributed by atoms with Gasteiger partial charge in [0, 0.05) is 11.4 Å². The van der Waals surface area contributed by atoms with Crippen molar-refractivity contribution in [3.05, 3.63) is 35.1 Å². The summed E-state index contributed by atoms with van der Waals surface area (Å²) in [5.74, 6) is -0.932. The Balaban J connectivity index is 1.68. The van der Waals surface area contributed by atoms with Crippen molar-refractivity contribution >= 4 is 22.8 Å². The fourth-order valence-electron chi connectivity index (χ4n) is 3.16. The predicted molar refractivity (Wildman–Crippen MR) is 86.5 cm³/mol. The van der Waals surface area contributed by atoms with E-state index in [4.69, 9.17) is 9.52 Å². The summed E-state index contributed by atoms with van der Waals surface area (Å²) in [6.07, 6.45) is 2.61. The van der Waals surface area contributed by atoms with Gasteiger partial charge in [-0.1, -0.05) is 0 Å². The van der Waals surface area contributed by atoms with Crippen LogP contribution in [0.1, 0.15) is 47.4 Å². The van der Waals surface area contributed by atoms with Gasteiger partial charge in [0.15, 0.2) is 5.76 Å². The molecule has 0 saturated heterocycles. The van der Waals surface area contributed by atoms with E-state index in [1.165, 1.54) is 0 Å². The molecule has 0 unspecified atom stereocenters. The largest absolute Gasteiger partial charge is 0.481 e. The monoisotopic (exact) mass is 315 g/mol. The number of fused-ring (bicyclic) bond motifs is 1. The van der Waals surface area contributed by atoms with Crippen LogP contribution in [0.2, 0.25) is 0 Å². The average Bonchev–Trinajstić information content (AvgIpc) is 2.91. The Labute approximate surface area is 134 Å². The molecule has 5 heteroatoms. The SMILES string of the molecule is Cc1cc2cc(C(=O)NC3CCC(C(=O)O)CC3)oc2cc1C. The number of amides is 1. The summed E-state index contributed by atoms with van der Waals surface area (Å²) in [5, 5.41) is 12.9.